The Hall–Kier alpha value is -1.52. The van der Waals surface area contributed by atoms with E-state index in [1.165, 1.54) is 6.07 Å². The summed E-state index contributed by atoms with van der Waals surface area (Å²) < 4.78 is 40.4. The first kappa shape index (κ1) is 14.9. The molecule has 0 aliphatic carbocycles. The van der Waals surface area contributed by atoms with Crippen molar-refractivity contribution >= 4 is 11.6 Å². The van der Waals surface area contributed by atoms with E-state index < -0.39 is 23.5 Å². The van der Waals surface area contributed by atoms with Crippen molar-refractivity contribution in [1.82, 2.24) is 5.32 Å². The molecule has 2 rings (SSSR count). The Morgan fingerprint density at radius 2 is 1.90 bits per heavy atom. The van der Waals surface area contributed by atoms with Crippen LogP contribution in [0.15, 0.2) is 36.4 Å². The van der Waals surface area contributed by atoms with Crippen LogP contribution in [-0.4, -0.2) is 0 Å². The minimum atomic E-state index is -0.510. The van der Waals surface area contributed by atoms with Crippen molar-refractivity contribution in [1.29, 1.82) is 0 Å². The number of nitrogens with one attached hydrogen (secondary N) is 1. The van der Waals surface area contributed by atoms with Crippen LogP contribution < -0.4 is 5.32 Å². The van der Waals surface area contributed by atoms with E-state index in [1.54, 1.807) is 19.1 Å². The van der Waals surface area contributed by atoms with Crippen LogP contribution in [0.3, 0.4) is 0 Å². The van der Waals surface area contributed by atoms with E-state index in [-0.39, 0.29) is 17.1 Å². The van der Waals surface area contributed by atoms with Crippen LogP contribution in [0.4, 0.5) is 13.2 Å². The van der Waals surface area contributed by atoms with Crippen molar-refractivity contribution in [2.24, 2.45) is 0 Å². The molecular weight excluding hydrogens is 287 g/mol. The number of hydrogen-bond donors (Lipinski definition) is 1. The molecule has 0 spiro atoms. The van der Waals surface area contributed by atoms with Gasteiger partial charge in [0.25, 0.3) is 0 Å². The minimum Gasteiger partial charge on any atom is -0.306 e. The lowest BCUT2D eigenvalue weighted by Gasteiger charge is -2.15. The zero-order valence-corrected chi connectivity index (χ0v) is 11.5. The van der Waals surface area contributed by atoms with Crippen LogP contribution in [-0.2, 0) is 6.54 Å². The van der Waals surface area contributed by atoms with Crippen LogP contribution in [0.2, 0.25) is 5.02 Å². The van der Waals surface area contributed by atoms with Gasteiger partial charge in [-0.25, -0.2) is 13.2 Å². The predicted molar refractivity (Wildman–Crippen MR) is 73.0 cm³/mol. The molecule has 2 aromatic rings. The first-order chi connectivity index (χ1) is 9.49. The van der Waals surface area contributed by atoms with Gasteiger partial charge in [-0.3, -0.25) is 0 Å². The van der Waals surface area contributed by atoms with E-state index in [9.17, 15) is 13.2 Å². The van der Waals surface area contributed by atoms with Gasteiger partial charge in [0.05, 0.1) is 5.02 Å². The standard InChI is InChI=1S/C15H13ClF3N/c1-9(12-7-11(17)5-6-14(12)18)20-8-10-3-2-4-13(16)15(10)19/h2-7,9,20H,8H2,1H3. The van der Waals surface area contributed by atoms with E-state index >= 15 is 0 Å². The Morgan fingerprint density at radius 3 is 2.65 bits per heavy atom. The van der Waals surface area contributed by atoms with Gasteiger partial charge in [-0.05, 0) is 31.2 Å². The molecule has 0 amide bonds. The summed E-state index contributed by atoms with van der Waals surface area (Å²) in [4.78, 5) is 0. The molecule has 1 unspecified atom stereocenters. The molecule has 20 heavy (non-hydrogen) atoms. The molecular formula is C15H13ClF3N. The highest BCUT2D eigenvalue weighted by Crippen LogP contribution is 2.21. The molecule has 0 bridgehead atoms. The Kier molecular flexibility index (Phi) is 4.68. The molecule has 0 aliphatic rings. The van der Waals surface area contributed by atoms with Gasteiger partial charge < -0.3 is 5.32 Å². The van der Waals surface area contributed by atoms with E-state index in [0.717, 1.165) is 18.2 Å². The van der Waals surface area contributed by atoms with Crippen molar-refractivity contribution in [3.63, 3.8) is 0 Å². The number of hydrogen-bond acceptors (Lipinski definition) is 1. The number of rotatable bonds is 4. The normalized spacial score (nSPS) is 12.4. The Bertz CT molecular complexity index is 616. The number of benzene rings is 2. The van der Waals surface area contributed by atoms with Crippen LogP contribution in [0.1, 0.15) is 24.1 Å². The summed E-state index contributed by atoms with van der Waals surface area (Å²) in [6.07, 6.45) is 0. The lowest BCUT2D eigenvalue weighted by atomic mass is 10.1. The molecule has 2 aromatic carbocycles. The van der Waals surface area contributed by atoms with Gasteiger partial charge >= 0.3 is 0 Å². The molecule has 5 heteroatoms. The van der Waals surface area contributed by atoms with Gasteiger partial charge in [0, 0.05) is 23.7 Å². The van der Waals surface area contributed by atoms with E-state index in [1.807, 2.05) is 0 Å². The minimum absolute atomic E-state index is 0.0360. The Balaban J connectivity index is 2.10. The maximum Gasteiger partial charge on any atom is 0.146 e. The summed E-state index contributed by atoms with van der Waals surface area (Å²) in [6.45, 7) is 1.85. The first-order valence-corrected chi connectivity index (χ1v) is 6.48. The molecule has 106 valence electrons. The van der Waals surface area contributed by atoms with Gasteiger partial charge in [-0.2, -0.15) is 0 Å². The maximum atomic E-state index is 13.7. The molecule has 0 radical (unpaired) electrons. The fraction of sp³-hybridized carbons (Fsp3) is 0.200. The smallest absolute Gasteiger partial charge is 0.146 e. The molecule has 0 heterocycles. The van der Waals surface area contributed by atoms with Gasteiger partial charge in [-0.1, -0.05) is 23.7 Å². The van der Waals surface area contributed by atoms with Crippen LogP contribution >= 0.6 is 11.6 Å². The van der Waals surface area contributed by atoms with Gasteiger partial charge in [0.2, 0.25) is 0 Å². The summed E-state index contributed by atoms with van der Waals surface area (Å²) in [5.74, 6) is -1.52. The fourth-order valence-corrected chi connectivity index (χ4v) is 2.10. The van der Waals surface area contributed by atoms with Crippen molar-refractivity contribution in [3.8, 4) is 0 Å². The molecule has 1 N–H and O–H groups in total. The highest BCUT2D eigenvalue weighted by Gasteiger charge is 2.13. The average molecular weight is 300 g/mol. The molecule has 0 saturated heterocycles. The second kappa shape index (κ2) is 6.29. The molecule has 0 aromatic heterocycles. The van der Waals surface area contributed by atoms with E-state index in [0.29, 0.717) is 5.56 Å². The predicted octanol–water partition coefficient (Wildman–Crippen LogP) is 4.61. The molecule has 0 saturated carbocycles. The van der Waals surface area contributed by atoms with E-state index in [2.05, 4.69) is 5.32 Å². The summed E-state index contributed by atoms with van der Waals surface area (Å²) in [6, 6.07) is 7.48. The third-order valence-electron chi connectivity index (χ3n) is 3.05. The van der Waals surface area contributed by atoms with Crippen LogP contribution in [0, 0.1) is 17.5 Å². The molecule has 0 fully saturated rings. The Labute approximate surface area is 120 Å². The highest BCUT2D eigenvalue weighted by atomic mass is 35.5. The van der Waals surface area contributed by atoms with Crippen LogP contribution in [0.25, 0.3) is 0 Å². The van der Waals surface area contributed by atoms with Crippen molar-refractivity contribution in [2.75, 3.05) is 0 Å². The van der Waals surface area contributed by atoms with Crippen molar-refractivity contribution in [2.45, 2.75) is 19.5 Å². The maximum absolute atomic E-state index is 13.7. The van der Waals surface area contributed by atoms with Crippen molar-refractivity contribution < 1.29 is 13.2 Å². The molecule has 1 nitrogen and oxygen atoms in total. The summed E-state index contributed by atoms with van der Waals surface area (Å²) in [5, 5.41) is 2.98. The summed E-state index contributed by atoms with van der Waals surface area (Å²) in [5.41, 5.74) is 0.577. The van der Waals surface area contributed by atoms with Gasteiger partial charge in [-0.15, -0.1) is 0 Å². The monoisotopic (exact) mass is 299 g/mol. The summed E-state index contributed by atoms with van der Waals surface area (Å²) >= 11 is 5.68. The molecule has 0 aliphatic heterocycles. The SMILES string of the molecule is CC(NCc1cccc(Cl)c1F)c1cc(F)ccc1F. The zero-order valence-electron chi connectivity index (χ0n) is 10.8. The fourth-order valence-electron chi connectivity index (χ4n) is 1.90. The third-order valence-corrected chi connectivity index (χ3v) is 3.35. The van der Waals surface area contributed by atoms with E-state index in [4.69, 9.17) is 11.6 Å². The lowest BCUT2D eigenvalue weighted by Crippen LogP contribution is -2.20. The second-order valence-corrected chi connectivity index (χ2v) is 4.89. The topological polar surface area (TPSA) is 12.0 Å². The third kappa shape index (κ3) is 3.32. The second-order valence-electron chi connectivity index (χ2n) is 4.48. The average Bonchev–Trinajstić information content (AvgIpc) is 2.43. The number of halogens is 4. The summed E-state index contributed by atoms with van der Waals surface area (Å²) in [7, 11) is 0. The highest BCUT2D eigenvalue weighted by molar-refractivity contribution is 6.30. The van der Waals surface area contributed by atoms with Gasteiger partial charge in [0.15, 0.2) is 0 Å². The largest absolute Gasteiger partial charge is 0.306 e. The zero-order chi connectivity index (χ0) is 14.7. The van der Waals surface area contributed by atoms with Crippen LogP contribution in [0.5, 0.6) is 0 Å². The van der Waals surface area contributed by atoms with Gasteiger partial charge in [0.1, 0.15) is 17.5 Å². The van der Waals surface area contributed by atoms with Crippen molar-refractivity contribution in [3.05, 3.63) is 70.0 Å². The quantitative estimate of drug-likeness (QED) is 0.869. The Morgan fingerprint density at radius 1 is 1.15 bits per heavy atom. The first-order valence-electron chi connectivity index (χ1n) is 6.10. The molecule has 1 atom stereocenters. The lowest BCUT2D eigenvalue weighted by molar-refractivity contribution is 0.508.